The van der Waals surface area contributed by atoms with Crippen LogP contribution in [0.5, 0.6) is 11.5 Å². The van der Waals surface area contributed by atoms with Crippen LogP contribution < -0.4 is 9.47 Å². The summed E-state index contributed by atoms with van der Waals surface area (Å²) in [5.41, 5.74) is -0.227. The highest BCUT2D eigenvalue weighted by atomic mass is 31.1. The Labute approximate surface area is 83.0 Å². The lowest BCUT2D eigenvalue weighted by Gasteiger charge is -2.06. The molecule has 0 saturated heterocycles. The zero-order valence-corrected chi connectivity index (χ0v) is 8.71. The second kappa shape index (κ2) is 4.72. The van der Waals surface area contributed by atoms with Gasteiger partial charge >= 0.3 is 0 Å². The fraction of sp³-hybridized carbons (Fsp3) is 0.222. The molecule has 0 aliphatic rings. The van der Waals surface area contributed by atoms with Gasteiger partial charge in [0, 0.05) is 6.07 Å². The van der Waals surface area contributed by atoms with Crippen LogP contribution in [0.25, 0.3) is 0 Å². The van der Waals surface area contributed by atoms with E-state index in [0.29, 0.717) is 11.5 Å². The Morgan fingerprint density at radius 1 is 1.29 bits per heavy atom. The molecule has 1 rings (SSSR count). The summed E-state index contributed by atoms with van der Waals surface area (Å²) in [6.45, 7) is 0. The molecule has 0 radical (unpaired) electrons. The summed E-state index contributed by atoms with van der Waals surface area (Å²) in [5.74, 6) is 0.943. The van der Waals surface area contributed by atoms with E-state index < -0.39 is 14.0 Å². The third kappa shape index (κ3) is 2.09. The molecule has 0 bridgehead atoms. The van der Waals surface area contributed by atoms with E-state index in [2.05, 4.69) is 0 Å². The summed E-state index contributed by atoms with van der Waals surface area (Å²) >= 11 is 0. The molecule has 0 heterocycles. The summed E-state index contributed by atoms with van der Waals surface area (Å²) in [7, 11) is 2.41. The molecule has 5 heteroatoms. The Bertz CT molecular complexity index is 362. The van der Waals surface area contributed by atoms with Crippen molar-refractivity contribution in [3.8, 4) is 11.5 Å². The van der Waals surface area contributed by atoms with Crippen LogP contribution in [0.2, 0.25) is 0 Å². The number of carbonyl (C=O) groups is 1. The third-order valence-corrected chi connectivity index (χ3v) is 2.13. The van der Waals surface area contributed by atoms with E-state index in [1.807, 2.05) is 0 Å². The second-order valence-electron chi connectivity index (χ2n) is 2.46. The van der Waals surface area contributed by atoms with Crippen molar-refractivity contribution in [1.29, 1.82) is 0 Å². The van der Waals surface area contributed by atoms with Crippen LogP contribution in [-0.2, 0) is 4.57 Å². The summed E-state index contributed by atoms with van der Waals surface area (Å²) in [5, 5.41) is 0. The van der Waals surface area contributed by atoms with Crippen LogP contribution >= 0.6 is 8.46 Å². The predicted molar refractivity (Wildman–Crippen MR) is 51.5 cm³/mol. The molecule has 0 unspecified atom stereocenters. The van der Waals surface area contributed by atoms with Crippen LogP contribution in [0, 0.1) is 0 Å². The summed E-state index contributed by atoms with van der Waals surface area (Å²) < 4.78 is 20.3. The number of hydrogen-bond acceptors (Lipinski definition) is 4. The minimum absolute atomic E-state index is 0.282. The highest BCUT2D eigenvalue weighted by molar-refractivity contribution is 7.47. The number of ether oxygens (including phenoxy) is 2. The van der Waals surface area contributed by atoms with E-state index >= 15 is 0 Å². The Balaban J connectivity index is 3.17. The fourth-order valence-corrected chi connectivity index (χ4v) is 1.31. The molecular formula is C9H9O4P. The number of carbonyl (C=O) groups excluding carboxylic acids is 1. The minimum Gasteiger partial charge on any atom is -0.497 e. The van der Waals surface area contributed by atoms with Gasteiger partial charge in [0.25, 0.3) is 5.52 Å². The van der Waals surface area contributed by atoms with Gasteiger partial charge in [-0.1, -0.05) is 0 Å². The maximum absolute atomic E-state index is 11.1. The lowest BCUT2D eigenvalue weighted by Crippen LogP contribution is -1.96. The van der Waals surface area contributed by atoms with Crippen molar-refractivity contribution in [2.75, 3.05) is 14.2 Å². The first-order chi connectivity index (χ1) is 6.72. The van der Waals surface area contributed by atoms with E-state index in [1.54, 1.807) is 12.1 Å². The average molecular weight is 212 g/mol. The van der Waals surface area contributed by atoms with Crippen molar-refractivity contribution < 1.29 is 18.8 Å². The quantitative estimate of drug-likeness (QED) is 0.717. The van der Waals surface area contributed by atoms with Crippen molar-refractivity contribution in [1.82, 2.24) is 0 Å². The Hall–Kier alpha value is -1.41. The van der Waals surface area contributed by atoms with Crippen LogP contribution in [0.4, 0.5) is 0 Å². The van der Waals surface area contributed by atoms with E-state index in [0.717, 1.165) is 0 Å². The molecule has 0 N–H and O–H groups in total. The summed E-state index contributed by atoms with van der Waals surface area (Å²) in [6, 6.07) is 4.70. The highest BCUT2D eigenvalue weighted by Crippen LogP contribution is 2.27. The topological polar surface area (TPSA) is 52.6 Å². The SMILES string of the molecule is COc1ccc(C(=O)P=O)c(OC)c1. The molecule has 0 fully saturated rings. The molecule has 1 aromatic carbocycles. The molecule has 0 aliphatic carbocycles. The summed E-state index contributed by atoms with van der Waals surface area (Å²) in [6.07, 6.45) is 0. The Kier molecular flexibility index (Phi) is 3.60. The minimum atomic E-state index is -0.546. The predicted octanol–water partition coefficient (Wildman–Crippen LogP) is 2.14. The monoisotopic (exact) mass is 212 g/mol. The average Bonchev–Trinajstić information content (AvgIpc) is 2.27. The summed E-state index contributed by atoms with van der Waals surface area (Å²) in [4.78, 5) is 11.1. The molecule has 0 aromatic heterocycles. The van der Waals surface area contributed by atoms with Gasteiger partial charge in [-0.25, -0.2) is 0 Å². The van der Waals surface area contributed by atoms with Gasteiger partial charge in [0.2, 0.25) is 8.46 Å². The van der Waals surface area contributed by atoms with Gasteiger partial charge in [0.05, 0.1) is 19.8 Å². The molecule has 0 spiro atoms. The van der Waals surface area contributed by atoms with Crippen molar-refractivity contribution >= 4 is 14.0 Å². The first-order valence-corrected chi connectivity index (χ1v) is 4.64. The maximum atomic E-state index is 11.1. The molecule has 74 valence electrons. The van der Waals surface area contributed by atoms with Gasteiger partial charge in [-0.05, 0) is 12.1 Å². The maximum Gasteiger partial charge on any atom is 0.256 e. The molecule has 0 amide bonds. The van der Waals surface area contributed by atoms with Crippen molar-refractivity contribution in [3.05, 3.63) is 23.8 Å². The third-order valence-electron chi connectivity index (χ3n) is 1.72. The molecule has 0 saturated carbocycles. The first kappa shape index (κ1) is 10.7. The Morgan fingerprint density at radius 3 is 2.50 bits per heavy atom. The van der Waals surface area contributed by atoms with Gasteiger partial charge in [-0.2, -0.15) is 0 Å². The van der Waals surface area contributed by atoms with Gasteiger partial charge < -0.3 is 9.47 Å². The molecular weight excluding hydrogens is 203 g/mol. The van der Waals surface area contributed by atoms with E-state index in [9.17, 15) is 9.36 Å². The van der Waals surface area contributed by atoms with Crippen molar-refractivity contribution in [2.24, 2.45) is 0 Å². The van der Waals surface area contributed by atoms with Gasteiger partial charge in [-0.3, -0.25) is 9.36 Å². The van der Waals surface area contributed by atoms with Crippen LogP contribution in [0.3, 0.4) is 0 Å². The fourth-order valence-electron chi connectivity index (χ4n) is 1.02. The van der Waals surface area contributed by atoms with Crippen molar-refractivity contribution in [3.63, 3.8) is 0 Å². The van der Waals surface area contributed by atoms with Crippen molar-refractivity contribution in [2.45, 2.75) is 0 Å². The smallest absolute Gasteiger partial charge is 0.256 e. The Morgan fingerprint density at radius 2 is 2.00 bits per heavy atom. The standard InChI is InChI=1S/C9H9O4P/c1-12-6-3-4-7(9(10)14-11)8(5-6)13-2/h3-5H,1-2H3. The van der Waals surface area contributed by atoms with E-state index in [1.165, 1.54) is 20.3 Å². The van der Waals surface area contributed by atoms with E-state index in [4.69, 9.17) is 9.47 Å². The second-order valence-corrected chi connectivity index (χ2v) is 3.05. The largest absolute Gasteiger partial charge is 0.497 e. The lowest BCUT2D eigenvalue weighted by molar-refractivity contribution is 0.107. The van der Waals surface area contributed by atoms with Crippen LogP contribution in [-0.4, -0.2) is 19.7 Å². The molecule has 0 atom stereocenters. The normalized spacial score (nSPS) is 9.86. The lowest BCUT2D eigenvalue weighted by atomic mass is 10.2. The number of hydrogen-bond donors (Lipinski definition) is 0. The number of rotatable bonds is 4. The van der Waals surface area contributed by atoms with Crippen LogP contribution in [0.15, 0.2) is 18.2 Å². The number of benzene rings is 1. The zero-order chi connectivity index (χ0) is 10.6. The van der Waals surface area contributed by atoms with Gasteiger partial charge in [0.15, 0.2) is 0 Å². The molecule has 1 aromatic rings. The van der Waals surface area contributed by atoms with Gasteiger partial charge in [-0.15, -0.1) is 0 Å². The number of methoxy groups -OCH3 is 2. The first-order valence-electron chi connectivity index (χ1n) is 3.82. The van der Waals surface area contributed by atoms with E-state index in [-0.39, 0.29) is 5.56 Å². The molecule has 14 heavy (non-hydrogen) atoms. The zero-order valence-electron chi connectivity index (χ0n) is 7.81. The molecule has 0 aliphatic heterocycles. The van der Waals surface area contributed by atoms with Crippen LogP contribution in [0.1, 0.15) is 10.4 Å². The highest BCUT2D eigenvalue weighted by Gasteiger charge is 2.12. The molecule has 4 nitrogen and oxygen atoms in total. The van der Waals surface area contributed by atoms with Gasteiger partial charge in [0.1, 0.15) is 11.5 Å².